The summed E-state index contributed by atoms with van der Waals surface area (Å²) in [6.07, 6.45) is 0. The maximum absolute atomic E-state index is 11.9. The number of benzene rings is 1. The van der Waals surface area contributed by atoms with Gasteiger partial charge in [-0.2, -0.15) is 0 Å². The van der Waals surface area contributed by atoms with E-state index in [1.807, 2.05) is 6.07 Å². The molecule has 0 bridgehead atoms. The smallest absolute Gasteiger partial charge is 0.231 e. The normalized spacial score (nSPS) is 23.7. The second kappa shape index (κ2) is 5.35. The van der Waals surface area contributed by atoms with E-state index in [-0.39, 0.29) is 17.9 Å². The molecule has 1 amide bonds. The minimum absolute atomic E-state index is 0.157. The van der Waals surface area contributed by atoms with E-state index in [0.717, 1.165) is 4.47 Å². The number of hydrogen-bond acceptors (Lipinski definition) is 3. The van der Waals surface area contributed by atoms with E-state index in [4.69, 9.17) is 22.1 Å². The third-order valence-electron chi connectivity index (χ3n) is 2.65. The van der Waals surface area contributed by atoms with E-state index in [1.165, 1.54) is 0 Å². The summed E-state index contributed by atoms with van der Waals surface area (Å²) in [5.41, 5.74) is 6.35. The molecule has 0 saturated carbocycles. The predicted octanol–water partition coefficient (Wildman–Crippen LogP) is 2.01. The van der Waals surface area contributed by atoms with Crippen molar-refractivity contribution in [3.8, 4) is 0 Å². The van der Waals surface area contributed by atoms with Crippen LogP contribution in [0.4, 0.5) is 5.69 Å². The van der Waals surface area contributed by atoms with E-state index in [0.29, 0.717) is 23.9 Å². The number of ether oxygens (including phenoxy) is 1. The molecular formula is C11H12BrClN2O2. The van der Waals surface area contributed by atoms with E-state index in [9.17, 15) is 4.79 Å². The van der Waals surface area contributed by atoms with Crippen molar-refractivity contribution in [2.24, 2.45) is 11.7 Å². The Bertz CT molecular complexity index is 441. The molecule has 0 aliphatic carbocycles. The number of anilines is 1. The summed E-state index contributed by atoms with van der Waals surface area (Å²) in [6, 6.07) is 5.02. The van der Waals surface area contributed by atoms with Crippen molar-refractivity contribution in [2.75, 3.05) is 18.5 Å². The molecule has 2 rings (SSSR count). The lowest BCUT2D eigenvalue weighted by Crippen LogP contribution is -2.37. The topological polar surface area (TPSA) is 64.3 Å². The molecule has 2 unspecified atom stereocenters. The highest BCUT2D eigenvalue weighted by molar-refractivity contribution is 9.10. The van der Waals surface area contributed by atoms with Crippen LogP contribution in [0.25, 0.3) is 0 Å². The van der Waals surface area contributed by atoms with Crippen LogP contribution < -0.4 is 11.1 Å². The minimum Gasteiger partial charge on any atom is -0.379 e. The fraction of sp³-hybridized carbons (Fsp3) is 0.364. The van der Waals surface area contributed by atoms with Crippen molar-refractivity contribution in [1.82, 2.24) is 0 Å². The number of rotatable bonds is 2. The van der Waals surface area contributed by atoms with E-state index >= 15 is 0 Å². The van der Waals surface area contributed by atoms with E-state index in [2.05, 4.69) is 21.2 Å². The number of carbonyl (C=O) groups excluding carboxylic acids is 1. The van der Waals surface area contributed by atoms with Crippen LogP contribution in [-0.2, 0) is 9.53 Å². The first-order valence-electron chi connectivity index (χ1n) is 5.17. The zero-order valence-electron chi connectivity index (χ0n) is 8.95. The van der Waals surface area contributed by atoms with Crippen molar-refractivity contribution in [3.05, 3.63) is 27.7 Å². The Hall–Kier alpha value is -0.620. The van der Waals surface area contributed by atoms with Gasteiger partial charge in [0.05, 0.1) is 29.8 Å². The fourth-order valence-corrected chi connectivity index (χ4v) is 2.19. The van der Waals surface area contributed by atoms with Crippen molar-refractivity contribution < 1.29 is 9.53 Å². The molecule has 2 atom stereocenters. The zero-order chi connectivity index (χ0) is 12.4. The Balaban J connectivity index is 2.10. The van der Waals surface area contributed by atoms with Gasteiger partial charge in [0.2, 0.25) is 5.91 Å². The van der Waals surface area contributed by atoms with Crippen molar-refractivity contribution in [3.63, 3.8) is 0 Å². The van der Waals surface area contributed by atoms with Crippen molar-refractivity contribution in [2.45, 2.75) is 6.04 Å². The molecule has 0 spiro atoms. The molecule has 17 heavy (non-hydrogen) atoms. The van der Waals surface area contributed by atoms with Gasteiger partial charge in [0.1, 0.15) is 0 Å². The number of nitrogens with one attached hydrogen (secondary N) is 1. The summed E-state index contributed by atoms with van der Waals surface area (Å²) in [5.74, 6) is -0.472. The van der Waals surface area contributed by atoms with Gasteiger partial charge in [-0.1, -0.05) is 27.5 Å². The lowest BCUT2D eigenvalue weighted by molar-refractivity contribution is -0.120. The fourth-order valence-electron chi connectivity index (χ4n) is 1.66. The number of hydrogen-bond donors (Lipinski definition) is 2. The number of nitrogens with two attached hydrogens (primary N) is 1. The van der Waals surface area contributed by atoms with Gasteiger partial charge in [0, 0.05) is 10.5 Å². The van der Waals surface area contributed by atoms with Crippen LogP contribution in [0.5, 0.6) is 0 Å². The first kappa shape index (κ1) is 12.8. The lowest BCUT2D eigenvalue weighted by Gasteiger charge is -2.14. The molecule has 4 nitrogen and oxygen atoms in total. The highest BCUT2D eigenvalue weighted by Gasteiger charge is 2.31. The highest BCUT2D eigenvalue weighted by atomic mass is 79.9. The van der Waals surface area contributed by atoms with Crippen LogP contribution >= 0.6 is 27.5 Å². The Morgan fingerprint density at radius 1 is 1.53 bits per heavy atom. The van der Waals surface area contributed by atoms with Crippen molar-refractivity contribution >= 4 is 39.1 Å². The van der Waals surface area contributed by atoms with Gasteiger partial charge in [-0.25, -0.2) is 0 Å². The Morgan fingerprint density at radius 3 is 2.94 bits per heavy atom. The van der Waals surface area contributed by atoms with Crippen molar-refractivity contribution in [1.29, 1.82) is 0 Å². The third kappa shape index (κ3) is 2.98. The number of amides is 1. The lowest BCUT2D eigenvalue weighted by atomic mass is 10.0. The SMILES string of the molecule is NC1COCC1C(=O)Nc1cc(Br)ccc1Cl. The number of carbonyl (C=O) groups is 1. The van der Waals surface area contributed by atoms with Crippen LogP contribution in [0.2, 0.25) is 5.02 Å². The van der Waals surface area contributed by atoms with Gasteiger partial charge in [-0.15, -0.1) is 0 Å². The molecule has 3 N–H and O–H groups in total. The van der Waals surface area contributed by atoms with Gasteiger partial charge in [0.15, 0.2) is 0 Å². The second-order valence-corrected chi connectivity index (χ2v) is 5.24. The Morgan fingerprint density at radius 2 is 2.29 bits per heavy atom. The van der Waals surface area contributed by atoms with E-state index in [1.54, 1.807) is 12.1 Å². The first-order chi connectivity index (χ1) is 8.08. The molecule has 1 aromatic carbocycles. The summed E-state index contributed by atoms with van der Waals surface area (Å²) >= 11 is 9.31. The van der Waals surface area contributed by atoms with Crippen LogP contribution in [0.15, 0.2) is 22.7 Å². The van der Waals surface area contributed by atoms with Gasteiger partial charge < -0.3 is 15.8 Å². The summed E-state index contributed by atoms with van der Waals surface area (Å²) in [5, 5.41) is 3.26. The summed E-state index contributed by atoms with van der Waals surface area (Å²) in [6.45, 7) is 0.781. The third-order valence-corrected chi connectivity index (χ3v) is 3.47. The summed E-state index contributed by atoms with van der Waals surface area (Å²) in [7, 11) is 0. The second-order valence-electron chi connectivity index (χ2n) is 3.92. The standard InChI is InChI=1S/C11H12BrClN2O2/c12-6-1-2-8(13)10(3-6)15-11(16)7-4-17-5-9(7)14/h1-3,7,9H,4-5,14H2,(H,15,16). The van der Waals surface area contributed by atoms with Gasteiger partial charge in [-0.05, 0) is 18.2 Å². The first-order valence-corrected chi connectivity index (χ1v) is 6.34. The molecule has 0 aromatic heterocycles. The molecule has 1 fully saturated rings. The summed E-state index contributed by atoms with van der Waals surface area (Å²) in [4.78, 5) is 11.9. The maximum atomic E-state index is 11.9. The monoisotopic (exact) mass is 318 g/mol. The minimum atomic E-state index is -0.315. The maximum Gasteiger partial charge on any atom is 0.231 e. The van der Waals surface area contributed by atoms with Gasteiger partial charge in [-0.3, -0.25) is 4.79 Å². The van der Waals surface area contributed by atoms with Crippen LogP contribution in [0.1, 0.15) is 0 Å². The van der Waals surface area contributed by atoms with Crippen LogP contribution in [-0.4, -0.2) is 25.2 Å². The molecule has 1 aromatic rings. The molecule has 1 aliphatic rings. The molecule has 92 valence electrons. The largest absolute Gasteiger partial charge is 0.379 e. The Labute approximate surface area is 113 Å². The highest BCUT2D eigenvalue weighted by Crippen LogP contribution is 2.26. The average molecular weight is 320 g/mol. The number of halogens is 2. The predicted molar refractivity (Wildman–Crippen MR) is 70.1 cm³/mol. The molecular weight excluding hydrogens is 307 g/mol. The van der Waals surface area contributed by atoms with Gasteiger partial charge in [0.25, 0.3) is 0 Å². The zero-order valence-corrected chi connectivity index (χ0v) is 11.3. The quantitative estimate of drug-likeness (QED) is 0.876. The molecule has 1 saturated heterocycles. The van der Waals surface area contributed by atoms with Crippen LogP contribution in [0, 0.1) is 5.92 Å². The Kier molecular flexibility index (Phi) is 4.04. The van der Waals surface area contributed by atoms with Crippen LogP contribution in [0.3, 0.4) is 0 Å². The average Bonchev–Trinajstić information content (AvgIpc) is 2.70. The van der Waals surface area contributed by atoms with Gasteiger partial charge >= 0.3 is 0 Å². The molecule has 1 aliphatic heterocycles. The molecule has 6 heteroatoms. The summed E-state index contributed by atoms with van der Waals surface area (Å²) < 4.78 is 6.01. The molecule has 1 heterocycles. The van der Waals surface area contributed by atoms with E-state index < -0.39 is 0 Å². The molecule has 0 radical (unpaired) electrons.